The molecule has 5 heteroatoms. The number of hydrogen-bond acceptors (Lipinski definition) is 5. The second-order valence-electron chi connectivity index (χ2n) is 5.24. The number of likely N-dealkylation sites (N-methyl/N-ethyl adjacent to an activating group) is 1. The summed E-state index contributed by atoms with van der Waals surface area (Å²) in [6.07, 6.45) is 3.28. The van der Waals surface area contributed by atoms with Crippen LogP contribution < -0.4 is 10.2 Å². The maximum absolute atomic E-state index is 5.62. The largest absolute Gasteiger partial charge is 0.383 e. The van der Waals surface area contributed by atoms with Gasteiger partial charge in [-0.3, -0.25) is 0 Å². The highest BCUT2D eigenvalue weighted by atomic mass is 16.5. The summed E-state index contributed by atoms with van der Waals surface area (Å²) in [5.74, 6) is 1.01. The molecule has 2 unspecified atom stereocenters. The van der Waals surface area contributed by atoms with Crippen LogP contribution >= 0.6 is 0 Å². The molecule has 1 aliphatic rings. The first-order valence-corrected chi connectivity index (χ1v) is 7.21. The van der Waals surface area contributed by atoms with E-state index in [0.717, 1.165) is 38.5 Å². The van der Waals surface area contributed by atoms with Crippen molar-refractivity contribution in [3.8, 4) is 0 Å². The standard InChI is InChI=1S/C15H25N3O2/c1-12-14(6-8-20-12)18(2)15-5-4-13(11-17-15)10-16-7-9-19-3/h4-5,11-12,14,16H,6-10H2,1-3H3. The highest BCUT2D eigenvalue weighted by Gasteiger charge is 2.28. The van der Waals surface area contributed by atoms with E-state index in [0.29, 0.717) is 6.04 Å². The van der Waals surface area contributed by atoms with Crippen LogP contribution in [-0.2, 0) is 16.0 Å². The number of hydrogen-bond donors (Lipinski definition) is 1. The molecule has 1 aromatic rings. The Kier molecular flexibility index (Phi) is 5.76. The third-order valence-electron chi connectivity index (χ3n) is 3.82. The lowest BCUT2D eigenvalue weighted by molar-refractivity contribution is 0.118. The molecule has 1 N–H and O–H groups in total. The maximum Gasteiger partial charge on any atom is 0.128 e. The van der Waals surface area contributed by atoms with E-state index >= 15 is 0 Å². The van der Waals surface area contributed by atoms with E-state index in [1.165, 1.54) is 5.56 Å². The maximum atomic E-state index is 5.62. The predicted molar refractivity (Wildman–Crippen MR) is 80.0 cm³/mol. The summed E-state index contributed by atoms with van der Waals surface area (Å²) >= 11 is 0. The molecular formula is C15H25N3O2. The van der Waals surface area contributed by atoms with Crippen LogP contribution in [-0.4, -0.2) is 51.0 Å². The first-order valence-electron chi connectivity index (χ1n) is 7.21. The minimum atomic E-state index is 0.275. The van der Waals surface area contributed by atoms with E-state index in [2.05, 4.69) is 41.3 Å². The molecule has 1 saturated heterocycles. The zero-order valence-electron chi connectivity index (χ0n) is 12.6. The van der Waals surface area contributed by atoms with E-state index < -0.39 is 0 Å². The summed E-state index contributed by atoms with van der Waals surface area (Å²) in [6, 6.07) is 4.63. The molecular weight excluding hydrogens is 254 g/mol. The van der Waals surface area contributed by atoms with Crippen LogP contribution in [0, 0.1) is 0 Å². The molecule has 0 radical (unpaired) electrons. The number of rotatable bonds is 7. The Hall–Kier alpha value is -1.17. The summed E-state index contributed by atoms with van der Waals surface area (Å²) in [6.45, 7) is 5.38. The fourth-order valence-corrected chi connectivity index (χ4v) is 2.54. The van der Waals surface area contributed by atoms with Crippen molar-refractivity contribution < 1.29 is 9.47 Å². The van der Waals surface area contributed by atoms with Gasteiger partial charge in [0.15, 0.2) is 0 Å². The molecule has 0 aliphatic carbocycles. The van der Waals surface area contributed by atoms with E-state index in [-0.39, 0.29) is 6.10 Å². The van der Waals surface area contributed by atoms with E-state index in [9.17, 15) is 0 Å². The zero-order chi connectivity index (χ0) is 14.4. The molecule has 0 bridgehead atoms. The van der Waals surface area contributed by atoms with Crippen LogP contribution in [0.4, 0.5) is 5.82 Å². The van der Waals surface area contributed by atoms with Gasteiger partial charge in [0.2, 0.25) is 0 Å². The third-order valence-corrected chi connectivity index (χ3v) is 3.82. The van der Waals surface area contributed by atoms with E-state index in [1.807, 2.05) is 6.20 Å². The number of anilines is 1. The molecule has 2 atom stereocenters. The quantitative estimate of drug-likeness (QED) is 0.765. The highest BCUT2D eigenvalue weighted by Crippen LogP contribution is 2.22. The summed E-state index contributed by atoms with van der Waals surface area (Å²) < 4.78 is 10.6. The van der Waals surface area contributed by atoms with Gasteiger partial charge in [-0.15, -0.1) is 0 Å². The van der Waals surface area contributed by atoms with Gasteiger partial charge < -0.3 is 19.7 Å². The van der Waals surface area contributed by atoms with Crippen molar-refractivity contribution in [2.45, 2.75) is 32.0 Å². The molecule has 5 nitrogen and oxygen atoms in total. The molecule has 2 rings (SSSR count). The Morgan fingerprint density at radius 1 is 1.50 bits per heavy atom. The molecule has 0 saturated carbocycles. The minimum Gasteiger partial charge on any atom is -0.383 e. The zero-order valence-corrected chi connectivity index (χ0v) is 12.6. The van der Waals surface area contributed by atoms with Crippen molar-refractivity contribution in [1.29, 1.82) is 0 Å². The number of aromatic nitrogens is 1. The normalized spacial score (nSPS) is 22.1. The molecule has 0 aromatic carbocycles. The van der Waals surface area contributed by atoms with Crippen LogP contribution in [0.15, 0.2) is 18.3 Å². The topological polar surface area (TPSA) is 46.6 Å². The van der Waals surface area contributed by atoms with Gasteiger partial charge in [0.1, 0.15) is 5.82 Å². The molecule has 1 fully saturated rings. The Balaban J connectivity index is 1.87. The third kappa shape index (κ3) is 3.91. The van der Waals surface area contributed by atoms with Crippen molar-refractivity contribution in [2.24, 2.45) is 0 Å². The molecule has 1 aliphatic heterocycles. The van der Waals surface area contributed by atoms with Gasteiger partial charge in [-0.05, 0) is 25.0 Å². The summed E-state index contributed by atoms with van der Waals surface area (Å²) in [4.78, 5) is 6.78. The van der Waals surface area contributed by atoms with Crippen LogP contribution in [0.5, 0.6) is 0 Å². The van der Waals surface area contributed by atoms with E-state index in [4.69, 9.17) is 9.47 Å². The summed E-state index contributed by atoms with van der Waals surface area (Å²) in [5.41, 5.74) is 1.19. The Morgan fingerprint density at radius 3 is 2.95 bits per heavy atom. The Morgan fingerprint density at radius 2 is 2.35 bits per heavy atom. The first kappa shape index (κ1) is 15.2. The van der Waals surface area contributed by atoms with Gasteiger partial charge in [-0.1, -0.05) is 6.07 Å². The lowest BCUT2D eigenvalue weighted by atomic mass is 10.1. The van der Waals surface area contributed by atoms with Gasteiger partial charge in [-0.2, -0.15) is 0 Å². The van der Waals surface area contributed by atoms with Crippen LogP contribution in [0.3, 0.4) is 0 Å². The average molecular weight is 279 g/mol. The molecule has 0 amide bonds. The Bertz CT molecular complexity index is 397. The second kappa shape index (κ2) is 7.57. The van der Waals surface area contributed by atoms with Gasteiger partial charge >= 0.3 is 0 Å². The SMILES string of the molecule is COCCNCc1ccc(N(C)C2CCOC2C)nc1. The fourth-order valence-electron chi connectivity index (χ4n) is 2.54. The number of nitrogens with one attached hydrogen (secondary N) is 1. The number of methoxy groups -OCH3 is 1. The minimum absolute atomic E-state index is 0.275. The smallest absolute Gasteiger partial charge is 0.128 e. The van der Waals surface area contributed by atoms with Gasteiger partial charge in [0, 0.05) is 40.1 Å². The van der Waals surface area contributed by atoms with Crippen LogP contribution in [0.2, 0.25) is 0 Å². The molecule has 0 spiro atoms. The Labute approximate surface area is 121 Å². The lowest BCUT2D eigenvalue weighted by Gasteiger charge is -2.27. The van der Waals surface area contributed by atoms with Crippen molar-refractivity contribution in [3.63, 3.8) is 0 Å². The molecule has 1 aromatic heterocycles. The van der Waals surface area contributed by atoms with Crippen molar-refractivity contribution in [1.82, 2.24) is 10.3 Å². The average Bonchev–Trinajstić information content (AvgIpc) is 2.90. The summed E-state index contributed by atoms with van der Waals surface area (Å²) in [7, 11) is 3.80. The molecule has 2 heterocycles. The number of pyridine rings is 1. The van der Waals surface area contributed by atoms with Crippen molar-refractivity contribution in [3.05, 3.63) is 23.9 Å². The predicted octanol–water partition coefficient (Wildman–Crippen LogP) is 1.43. The fraction of sp³-hybridized carbons (Fsp3) is 0.667. The van der Waals surface area contributed by atoms with Crippen molar-refractivity contribution >= 4 is 5.82 Å². The first-order chi connectivity index (χ1) is 9.72. The van der Waals surface area contributed by atoms with Gasteiger partial charge in [0.25, 0.3) is 0 Å². The molecule has 112 valence electrons. The molecule has 20 heavy (non-hydrogen) atoms. The van der Waals surface area contributed by atoms with Crippen LogP contribution in [0.1, 0.15) is 18.9 Å². The summed E-state index contributed by atoms with van der Waals surface area (Å²) in [5, 5.41) is 3.31. The highest BCUT2D eigenvalue weighted by molar-refractivity contribution is 5.40. The van der Waals surface area contributed by atoms with Gasteiger partial charge in [-0.25, -0.2) is 4.98 Å². The number of nitrogens with zero attached hydrogens (tertiary/aromatic N) is 2. The lowest BCUT2D eigenvalue weighted by Crippen LogP contribution is -2.37. The number of ether oxygens (including phenoxy) is 2. The van der Waals surface area contributed by atoms with Crippen LogP contribution in [0.25, 0.3) is 0 Å². The van der Waals surface area contributed by atoms with Crippen molar-refractivity contribution in [2.75, 3.05) is 38.8 Å². The second-order valence-corrected chi connectivity index (χ2v) is 5.24. The van der Waals surface area contributed by atoms with Gasteiger partial charge in [0.05, 0.1) is 18.8 Å². The monoisotopic (exact) mass is 279 g/mol. The van der Waals surface area contributed by atoms with E-state index in [1.54, 1.807) is 7.11 Å².